The second-order valence-electron chi connectivity index (χ2n) is 11.1. The molecular weight excluding hydrogens is 513 g/mol. The van der Waals surface area contributed by atoms with Gasteiger partial charge in [-0.1, -0.05) is 43.5 Å². The molecule has 5 atom stereocenters. The smallest absolute Gasteiger partial charge is 0.246 e. The van der Waals surface area contributed by atoms with Gasteiger partial charge in [0.1, 0.15) is 23.2 Å². The predicted molar refractivity (Wildman–Crippen MR) is 146 cm³/mol. The van der Waals surface area contributed by atoms with E-state index in [1.165, 1.54) is 17.0 Å². The minimum absolute atomic E-state index is 0.0424. The van der Waals surface area contributed by atoms with E-state index < -0.39 is 29.6 Å². The second-order valence-corrected chi connectivity index (χ2v) is 11.1. The Morgan fingerprint density at radius 2 is 1.77 bits per heavy atom. The van der Waals surface area contributed by atoms with Crippen LogP contribution in [0.5, 0.6) is 5.75 Å². The maximum Gasteiger partial charge on any atom is 0.246 e. The van der Waals surface area contributed by atoms with E-state index >= 15 is 0 Å². The minimum atomic E-state index is -1.25. The summed E-state index contributed by atoms with van der Waals surface area (Å²) in [5.41, 5.74) is 0.0198. The number of rotatable bonds is 8. The summed E-state index contributed by atoms with van der Waals surface area (Å²) < 4.78 is 25.5. The van der Waals surface area contributed by atoms with E-state index in [1.807, 2.05) is 6.92 Å². The maximum absolute atomic E-state index is 14.1. The van der Waals surface area contributed by atoms with Gasteiger partial charge in [0.2, 0.25) is 17.7 Å². The van der Waals surface area contributed by atoms with Crippen molar-refractivity contribution in [3.8, 4) is 5.75 Å². The van der Waals surface area contributed by atoms with Gasteiger partial charge in [-0.15, -0.1) is 0 Å². The largest absolute Gasteiger partial charge is 0.494 e. The quantitative estimate of drug-likeness (QED) is 0.488. The highest BCUT2D eigenvalue weighted by atomic mass is 19.1. The first-order chi connectivity index (χ1) is 19.4. The standard InChI is InChI=1S/C31H34FN3O5/c1-2-39-23-14-12-22(13-15-23)33-28(36)25-24-16-17-31(40-24)26(25)30(38)35(18-19-8-10-20(32)11-9-19)27(31)29(37)34-21-6-4-3-5-7-21/h8-17,21,24-27H,2-7,18H2,1H3,(H,33,36)(H,34,37)/t24-,25-,26-,27+,31-/m0/s1. The van der Waals surface area contributed by atoms with Crippen molar-refractivity contribution in [1.82, 2.24) is 10.2 Å². The van der Waals surface area contributed by atoms with Crippen LogP contribution < -0.4 is 15.4 Å². The Kier molecular flexibility index (Phi) is 7.08. The Labute approximate surface area is 232 Å². The average molecular weight is 548 g/mol. The molecule has 40 heavy (non-hydrogen) atoms. The summed E-state index contributed by atoms with van der Waals surface area (Å²) in [6.07, 6.45) is 8.03. The summed E-state index contributed by atoms with van der Waals surface area (Å²) in [7, 11) is 0. The summed E-state index contributed by atoms with van der Waals surface area (Å²) in [6.45, 7) is 2.54. The number of hydrogen-bond donors (Lipinski definition) is 2. The van der Waals surface area contributed by atoms with Crippen molar-refractivity contribution in [1.29, 1.82) is 0 Å². The van der Waals surface area contributed by atoms with Crippen molar-refractivity contribution in [2.45, 2.75) is 69.4 Å². The van der Waals surface area contributed by atoms with Crippen LogP contribution >= 0.6 is 0 Å². The van der Waals surface area contributed by atoms with Crippen LogP contribution in [0.15, 0.2) is 60.7 Å². The number of likely N-dealkylation sites (tertiary alicyclic amines) is 1. The zero-order valence-electron chi connectivity index (χ0n) is 22.5. The van der Waals surface area contributed by atoms with E-state index in [1.54, 1.807) is 48.6 Å². The van der Waals surface area contributed by atoms with Gasteiger partial charge in [-0.3, -0.25) is 14.4 Å². The summed E-state index contributed by atoms with van der Waals surface area (Å²) >= 11 is 0. The summed E-state index contributed by atoms with van der Waals surface area (Å²) in [4.78, 5) is 43.1. The van der Waals surface area contributed by atoms with Crippen molar-refractivity contribution >= 4 is 23.4 Å². The fourth-order valence-corrected chi connectivity index (χ4v) is 6.78. The highest BCUT2D eigenvalue weighted by molar-refractivity contribution is 6.02. The molecular formula is C31H34FN3O5. The molecule has 210 valence electrons. The number of fused-ring (bicyclic) bond motifs is 1. The van der Waals surface area contributed by atoms with Gasteiger partial charge in [-0.2, -0.15) is 0 Å². The number of nitrogens with zero attached hydrogens (tertiary/aromatic N) is 1. The van der Waals surface area contributed by atoms with Gasteiger partial charge in [0.25, 0.3) is 0 Å². The molecule has 0 unspecified atom stereocenters. The van der Waals surface area contributed by atoms with Gasteiger partial charge in [0, 0.05) is 18.3 Å². The molecule has 2 bridgehead atoms. The third-order valence-corrected chi connectivity index (χ3v) is 8.58. The van der Waals surface area contributed by atoms with Crippen molar-refractivity contribution in [2.75, 3.05) is 11.9 Å². The summed E-state index contributed by atoms with van der Waals surface area (Å²) in [6, 6.07) is 12.0. The zero-order chi connectivity index (χ0) is 27.9. The van der Waals surface area contributed by atoms with E-state index in [9.17, 15) is 18.8 Å². The van der Waals surface area contributed by atoms with E-state index in [0.29, 0.717) is 23.6 Å². The highest BCUT2D eigenvalue weighted by Gasteiger charge is 2.72. The number of hydrogen-bond acceptors (Lipinski definition) is 5. The van der Waals surface area contributed by atoms with Crippen LogP contribution in [0.25, 0.3) is 0 Å². The number of amides is 3. The third kappa shape index (κ3) is 4.66. The molecule has 3 amide bonds. The van der Waals surface area contributed by atoms with Crippen LogP contribution in [0.3, 0.4) is 0 Å². The lowest BCUT2D eigenvalue weighted by atomic mass is 9.74. The van der Waals surface area contributed by atoms with Crippen LogP contribution in [-0.4, -0.2) is 53.0 Å². The Morgan fingerprint density at radius 3 is 2.48 bits per heavy atom. The average Bonchev–Trinajstić information content (AvgIpc) is 3.59. The molecule has 3 heterocycles. The van der Waals surface area contributed by atoms with E-state index in [4.69, 9.17) is 9.47 Å². The maximum atomic E-state index is 14.1. The number of anilines is 1. The molecule has 0 aromatic heterocycles. The number of carbonyl (C=O) groups excluding carboxylic acids is 3. The monoisotopic (exact) mass is 547 g/mol. The normalized spacial score (nSPS) is 28.9. The minimum Gasteiger partial charge on any atom is -0.494 e. The second kappa shape index (κ2) is 10.7. The zero-order valence-corrected chi connectivity index (χ0v) is 22.5. The third-order valence-electron chi connectivity index (χ3n) is 8.58. The van der Waals surface area contributed by atoms with Crippen LogP contribution in [0.1, 0.15) is 44.6 Å². The number of ether oxygens (including phenoxy) is 2. The van der Waals surface area contributed by atoms with Gasteiger partial charge in [-0.05, 0) is 61.7 Å². The molecule has 2 aromatic rings. The molecule has 3 aliphatic heterocycles. The lowest BCUT2D eigenvalue weighted by molar-refractivity contribution is -0.142. The topological polar surface area (TPSA) is 97.0 Å². The Bertz CT molecular complexity index is 1310. The molecule has 1 saturated carbocycles. The molecule has 9 heteroatoms. The van der Waals surface area contributed by atoms with Crippen molar-refractivity contribution in [2.24, 2.45) is 11.8 Å². The first-order valence-corrected chi connectivity index (χ1v) is 14.2. The molecule has 6 rings (SSSR count). The highest BCUT2D eigenvalue weighted by Crippen LogP contribution is 2.55. The molecule has 2 aromatic carbocycles. The van der Waals surface area contributed by atoms with Crippen molar-refractivity contribution in [3.05, 3.63) is 72.1 Å². The molecule has 4 aliphatic rings. The number of nitrogens with one attached hydrogen (secondary N) is 2. The molecule has 8 nitrogen and oxygen atoms in total. The molecule has 2 N–H and O–H groups in total. The lowest BCUT2D eigenvalue weighted by Crippen LogP contribution is -2.56. The van der Waals surface area contributed by atoms with Crippen LogP contribution in [0, 0.1) is 17.7 Å². The molecule has 1 spiro atoms. The Hall–Kier alpha value is -3.72. The molecule has 1 aliphatic carbocycles. The Morgan fingerprint density at radius 1 is 1.05 bits per heavy atom. The van der Waals surface area contributed by atoms with Crippen LogP contribution in [0.2, 0.25) is 0 Å². The number of benzene rings is 2. The number of carbonyl (C=O) groups is 3. The molecule has 2 saturated heterocycles. The Balaban J connectivity index is 1.29. The van der Waals surface area contributed by atoms with Crippen LogP contribution in [0.4, 0.5) is 10.1 Å². The number of halogens is 1. The van der Waals surface area contributed by atoms with E-state index in [-0.39, 0.29) is 36.1 Å². The van der Waals surface area contributed by atoms with E-state index in [0.717, 1.165) is 32.1 Å². The van der Waals surface area contributed by atoms with Gasteiger partial charge in [0.05, 0.1) is 24.5 Å². The SMILES string of the molecule is CCOc1ccc(NC(=O)[C@H]2[C@@H]3C=C[C@]4(O3)[C@@H]2C(=O)N(Cc2ccc(F)cc2)[C@@H]4C(=O)NC2CCCCC2)cc1. The fourth-order valence-electron chi connectivity index (χ4n) is 6.78. The van der Waals surface area contributed by atoms with Gasteiger partial charge in [0.15, 0.2) is 0 Å². The first kappa shape index (κ1) is 26.5. The van der Waals surface area contributed by atoms with Gasteiger partial charge >= 0.3 is 0 Å². The van der Waals surface area contributed by atoms with Crippen molar-refractivity contribution in [3.63, 3.8) is 0 Å². The van der Waals surface area contributed by atoms with Gasteiger partial charge < -0.3 is 25.0 Å². The predicted octanol–water partition coefficient (Wildman–Crippen LogP) is 3.96. The lowest BCUT2D eigenvalue weighted by Gasteiger charge is -2.34. The fraction of sp³-hybridized carbons (Fsp3) is 0.452. The first-order valence-electron chi connectivity index (χ1n) is 14.2. The van der Waals surface area contributed by atoms with Gasteiger partial charge in [-0.25, -0.2) is 4.39 Å². The van der Waals surface area contributed by atoms with Crippen molar-refractivity contribution < 1.29 is 28.2 Å². The summed E-state index contributed by atoms with van der Waals surface area (Å²) in [5.74, 6) is -2.27. The van der Waals surface area contributed by atoms with Crippen LogP contribution in [-0.2, 0) is 25.7 Å². The summed E-state index contributed by atoms with van der Waals surface area (Å²) in [5, 5.41) is 6.10. The molecule has 0 radical (unpaired) electrons. The van der Waals surface area contributed by atoms with E-state index in [2.05, 4.69) is 10.6 Å². The molecule has 3 fully saturated rings.